The third-order valence-corrected chi connectivity index (χ3v) is 4.83. The summed E-state index contributed by atoms with van der Waals surface area (Å²) in [7, 11) is 0. The molecule has 0 saturated carbocycles. The van der Waals surface area contributed by atoms with Gasteiger partial charge >= 0.3 is 6.36 Å². The highest BCUT2D eigenvalue weighted by atomic mass is 19.4. The van der Waals surface area contributed by atoms with E-state index in [9.17, 15) is 13.2 Å². The molecule has 2 aromatic carbocycles. The third-order valence-electron chi connectivity index (χ3n) is 4.83. The number of halogens is 3. The molecule has 0 fully saturated rings. The number of rotatable bonds is 4. The van der Waals surface area contributed by atoms with Crippen molar-refractivity contribution in [2.24, 2.45) is 0 Å². The number of nitrogens with zero attached hydrogens (tertiary/aromatic N) is 3. The Morgan fingerprint density at radius 2 is 1.57 bits per heavy atom. The molecule has 0 spiro atoms. The highest BCUT2D eigenvalue weighted by molar-refractivity contribution is 5.94. The summed E-state index contributed by atoms with van der Waals surface area (Å²) in [4.78, 5) is 9.20. The number of fused-ring (bicyclic) bond motifs is 1. The molecule has 2 heterocycles. The molecule has 0 bridgehead atoms. The molecule has 0 radical (unpaired) electrons. The highest BCUT2D eigenvalue weighted by Crippen LogP contribution is 2.33. The minimum Gasteiger partial charge on any atom is -0.406 e. The molecule has 4 rings (SSSR count). The number of alkyl halides is 3. The number of para-hydroxylation sites is 1. The Morgan fingerprint density at radius 1 is 0.900 bits per heavy atom. The van der Waals surface area contributed by atoms with E-state index in [1.165, 1.54) is 24.3 Å². The van der Waals surface area contributed by atoms with E-state index in [4.69, 9.17) is 0 Å². The summed E-state index contributed by atoms with van der Waals surface area (Å²) in [6.07, 6.45) is -4.72. The van der Waals surface area contributed by atoms with Gasteiger partial charge < -0.3 is 10.1 Å². The number of aryl methyl sites for hydroxylation is 2. The first-order valence-corrected chi connectivity index (χ1v) is 9.27. The van der Waals surface area contributed by atoms with Gasteiger partial charge in [0.1, 0.15) is 17.4 Å². The summed E-state index contributed by atoms with van der Waals surface area (Å²) in [6.45, 7) is 5.82. The lowest BCUT2D eigenvalue weighted by atomic mass is 10.2. The Morgan fingerprint density at radius 3 is 2.20 bits per heavy atom. The Bertz CT molecular complexity index is 1200. The lowest BCUT2D eigenvalue weighted by Gasteiger charge is -2.12. The van der Waals surface area contributed by atoms with Crippen molar-refractivity contribution in [3.63, 3.8) is 0 Å². The van der Waals surface area contributed by atoms with Crippen LogP contribution in [0.2, 0.25) is 0 Å². The van der Waals surface area contributed by atoms with Gasteiger partial charge in [-0.3, -0.25) is 4.57 Å². The summed E-state index contributed by atoms with van der Waals surface area (Å²) in [6, 6.07) is 15.5. The molecule has 0 saturated heterocycles. The largest absolute Gasteiger partial charge is 0.573 e. The highest BCUT2D eigenvalue weighted by Gasteiger charge is 2.31. The average Bonchev–Trinajstić information content (AvgIpc) is 2.93. The van der Waals surface area contributed by atoms with Crippen LogP contribution in [0.1, 0.15) is 17.1 Å². The Balaban J connectivity index is 1.77. The van der Waals surface area contributed by atoms with Crippen LogP contribution in [0.25, 0.3) is 16.7 Å². The smallest absolute Gasteiger partial charge is 0.406 e. The zero-order valence-corrected chi connectivity index (χ0v) is 16.6. The van der Waals surface area contributed by atoms with Crippen molar-refractivity contribution in [3.8, 4) is 11.4 Å². The van der Waals surface area contributed by atoms with E-state index in [0.29, 0.717) is 17.3 Å². The number of benzene rings is 2. The standard InChI is InChI=1S/C22H19F3N4O/c1-13-14(2)29(17-7-5-4-6-8-17)21-19(13)20(26-15(3)27-21)28-16-9-11-18(12-10-16)30-22(23,24)25/h4-12H,1-3H3,(H,26,27,28). The number of ether oxygens (including phenoxy) is 1. The minimum atomic E-state index is -4.72. The predicted octanol–water partition coefficient (Wildman–Crippen LogP) is 5.99. The first-order valence-electron chi connectivity index (χ1n) is 9.27. The second-order valence-corrected chi connectivity index (χ2v) is 6.90. The molecule has 0 aliphatic rings. The van der Waals surface area contributed by atoms with Crippen molar-refractivity contribution in [3.05, 3.63) is 71.7 Å². The predicted molar refractivity (Wildman–Crippen MR) is 109 cm³/mol. The van der Waals surface area contributed by atoms with Gasteiger partial charge in [-0.1, -0.05) is 18.2 Å². The topological polar surface area (TPSA) is 52.0 Å². The molecule has 2 aromatic heterocycles. The molecule has 0 unspecified atom stereocenters. The van der Waals surface area contributed by atoms with Gasteiger partial charge in [0.15, 0.2) is 5.65 Å². The molecule has 4 aromatic rings. The Hall–Kier alpha value is -3.55. The second kappa shape index (κ2) is 7.37. The normalized spacial score (nSPS) is 11.7. The SMILES string of the molecule is Cc1nc(Nc2ccc(OC(F)(F)F)cc2)c2c(C)c(C)n(-c3ccccc3)c2n1. The Kier molecular flexibility index (Phi) is 4.85. The second-order valence-electron chi connectivity index (χ2n) is 6.90. The lowest BCUT2D eigenvalue weighted by Crippen LogP contribution is -2.17. The molecule has 0 aliphatic carbocycles. The molecule has 0 aliphatic heterocycles. The minimum absolute atomic E-state index is 0.278. The van der Waals surface area contributed by atoms with Crippen LogP contribution in [-0.4, -0.2) is 20.9 Å². The maximum Gasteiger partial charge on any atom is 0.573 e. The van der Waals surface area contributed by atoms with Crippen molar-refractivity contribution in [1.29, 1.82) is 0 Å². The molecule has 1 N–H and O–H groups in total. The number of anilines is 2. The first kappa shape index (κ1) is 19.8. The number of nitrogens with one attached hydrogen (secondary N) is 1. The van der Waals surface area contributed by atoms with E-state index in [1.807, 2.05) is 44.2 Å². The van der Waals surface area contributed by atoms with E-state index in [-0.39, 0.29) is 5.75 Å². The van der Waals surface area contributed by atoms with E-state index in [0.717, 1.165) is 28.0 Å². The van der Waals surface area contributed by atoms with Gasteiger partial charge in [0.05, 0.1) is 5.39 Å². The summed E-state index contributed by atoms with van der Waals surface area (Å²) in [5.74, 6) is 0.897. The number of hydrogen-bond donors (Lipinski definition) is 1. The van der Waals surface area contributed by atoms with Crippen LogP contribution < -0.4 is 10.1 Å². The maximum atomic E-state index is 12.4. The van der Waals surface area contributed by atoms with Gasteiger partial charge in [0.2, 0.25) is 0 Å². The summed E-state index contributed by atoms with van der Waals surface area (Å²) in [5, 5.41) is 4.07. The van der Waals surface area contributed by atoms with Gasteiger partial charge in [0, 0.05) is 17.1 Å². The quantitative estimate of drug-likeness (QED) is 0.447. The van der Waals surface area contributed by atoms with Crippen molar-refractivity contribution < 1.29 is 17.9 Å². The van der Waals surface area contributed by atoms with Crippen LogP contribution in [0.3, 0.4) is 0 Å². The van der Waals surface area contributed by atoms with E-state index < -0.39 is 6.36 Å². The fourth-order valence-electron chi connectivity index (χ4n) is 3.43. The zero-order chi connectivity index (χ0) is 21.5. The van der Waals surface area contributed by atoms with Crippen LogP contribution in [-0.2, 0) is 0 Å². The third kappa shape index (κ3) is 3.80. The molecule has 30 heavy (non-hydrogen) atoms. The first-order chi connectivity index (χ1) is 14.2. The Labute approximate surface area is 171 Å². The molecule has 154 valence electrons. The van der Waals surface area contributed by atoms with Gasteiger partial charge in [-0.05, 0) is 62.7 Å². The number of aromatic nitrogens is 3. The van der Waals surface area contributed by atoms with Crippen molar-refractivity contribution in [2.45, 2.75) is 27.1 Å². The zero-order valence-electron chi connectivity index (χ0n) is 16.6. The van der Waals surface area contributed by atoms with Crippen molar-refractivity contribution in [1.82, 2.24) is 14.5 Å². The molecular weight excluding hydrogens is 393 g/mol. The lowest BCUT2D eigenvalue weighted by molar-refractivity contribution is -0.274. The fraction of sp³-hybridized carbons (Fsp3) is 0.182. The molecule has 5 nitrogen and oxygen atoms in total. The summed E-state index contributed by atoms with van der Waals surface area (Å²) < 4.78 is 43.1. The van der Waals surface area contributed by atoms with Crippen molar-refractivity contribution >= 4 is 22.5 Å². The fourth-order valence-corrected chi connectivity index (χ4v) is 3.43. The number of hydrogen-bond acceptors (Lipinski definition) is 4. The van der Waals surface area contributed by atoms with Crippen LogP contribution in [0, 0.1) is 20.8 Å². The van der Waals surface area contributed by atoms with E-state index >= 15 is 0 Å². The van der Waals surface area contributed by atoms with Gasteiger partial charge in [-0.2, -0.15) is 0 Å². The van der Waals surface area contributed by atoms with Crippen LogP contribution in [0.5, 0.6) is 5.75 Å². The van der Waals surface area contributed by atoms with Crippen molar-refractivity contribution in [2.75, 3.05) is 5.32 Å². The monoisotopic (exact) mass is 412 g/mol. The van der Waals surface area contributed by atoms with Crippen LogP contribution in [0.15, 0.2) is 54.6 Å². The summed E-state index contributed by atoms with van der Waals surface area (Å²) >= 11 is 0. The maximum absolute atomic E-state index is 12.4. The molecule has 8 heteroatoms. The van der Waals surface area contributed by atoms with Gasteiger partial charge in [-0.25, -0.2) is 9.97 Å². The molecule has 0 atom stereocenters. The van der Waals surface area contributed by atoms with E-state index in [1.54, 1.807) is 6.92 Å². The van der Waals surface area contributed by atoms with Gasteiger partial charge in [0.25, 0.3) is 0 Å². The van der Waals surface area contributed by atoms with Crippen LogP contribution >= 0.6 is 0 Å². The van der Waals surface area contributed by atoms with Crippen LogP contribution in [0.4, 0.5) is 24.7 Å². The van der Waals surface area contributed by atoms with E-state index in [2.05, 4.69) is 24.6 Å². The average molecular weight is 412 g/mol. The summed E-state index contributed by atoms with van der Waals surface area (Å²) in [5.41, 5.74) is 4.41. The molecular formula is C22H19F3N4O. The van der Waals surface area contributed by atoms with Gasteiger partial charge in [-0.15, -0.1) is 13.2 Å². The molecule has 0 amide bonds.